The van der Waals surface area contributed by atoms with Crippen LogP contribution in [0, 0.1) is 0 Å². The first-order valence-electron chi connectivity index (χ1n) is 9.13. The molecule has 0 aliphatic carbocycles. The molecule has 1 aliphatic rings. The molecular weight excluding hydrogens is 382 g/mol. The Morgan fingerprint density at radius 1 is 1.11 bits per heavy atom. The molecule has 0 unspecified atom stereocenters. The Labute approximate surface area is 168 Å². The number of ether oxygens (including phenoxy) is 3. The molecule has 1 amide bonds. The highest BCUT2D eigenvalue weighted by Crippen LogP contribution is 2.30. The molecule has 28 heavy (non-hydrogen) atoms. The quantitative estimate of drug-likeness (QED) is 0.685. The maximum atomic E-state index is 11.8. The zero-order chi connectivity index (χ0) is 19.8. The summed E-state index contributed by atoms with van der Waals surface area (Å²) in [6.07, 6.45) is 1.98. The van der Waals surface area contributed by atoms with Gasteiger partial charge in [0.2, 0.25) is 0 Å². The van der Waals surface area contributed by atoms with E-state index in [1.165, 1.54) is 0 Å². The van der Waals surface area contributed by atoms with Crippen LogP contribution in [0.4, 0.5) is 0 Å². The Morgan fingerprint density at radius 3 is 2.64 bits per heavy atom. The van der Waals surface area contributed by atoms with Gasteiger partial charge in [0.25, 0.3) is 5.91 Å². The number of hydrogen-bond donors (Lipinski definition) is 1. The SMILES string of the molecule is O=C(COC(=O)COc1ccc(-c2ccccc2)cc1Cl)NC[C@H]1CCCO1. The van der Waals surface area contributed by atoms with Gasteiger partial charge in [-0.15, -0.1) is 0 Å². The summed E-state index contributed by atoms with van der Waals surface area (Å²) in [7, 11) is 0. The monoisotopic (exact) mass is 403 g/mol. The molecule has 148 valence electrons. The molecule has 0 bridgehead atoms. The summed E-state index contributed by atoms with van der Waals surface area (Å²) in [6.45, 7) is 0.469. The summed E-state index contributed by atoms with van der Waals surface area (Å²) in [5, 5.41) is 3.07. The van der Waals surface area contributed by atoms with Gasteiger partial charge in [-0.2, -0.15) is 0 Å². The molecule has 1 N–H and O–H groups in total. The lowest BCUT2D eigenvalue weighted by molar-refractivity contribution is -0.150. The molecule has 1 saturated heterocycles. The van der Waals surface area contributed by atoms with Crippen LogP contribution >= 0.6 is 11.6 Å². The molecule has 0 spiro atoms. The fourth-order valence-electron chi connectivity index (χ4n) is 2.84. The standard InChI is InChI=1S/C21H22ClNO5/c22-18-11-16(15-5-2-1-3-6-15)8-9-19(18)27-14-21(25)28-13-20(24)23-12-17-7-4-10-26-17/h1-3,5-6,8-9,11,17H,4,7,10,12-14H2,(H,23,24)/t17-/m1/s1. The van der Waals surface area contributed by atoms with Crippen molar-refractivity contribution in [2.75, 3.05) is 26.4 Å². The Hall–Kier alpha value is -2.57. The van der Waals surface area contributed by atoms with Crippen LogP contribution in [0.25, 0.3) is 11.1 Å². The van der Waals surface area contributed by atoms with E-state index in [0.29, 0.717) is 17.3 Å². The highest BCUT2D eigenvalue weighted by atomic mass is 35.5. The highest BCUT2D eigenvalue weighted by molar-refractivity contribution is 6.32. The molecule has 1 atom stereocenters. The Morgan fingerprint density at radius 2 is 1.93 bits per heavy atom. The van der Waals surface area contributed by atoms with E-state index in [1.807, 2.05) is 36.4 Å². The van der Waals surface area contributed by atoms with Crippen LogP contribution in [0.15, 0.2) is 48.5 Å². The summed E-state index contributed by atoms with van der Waals surface area (Å²) in [5.74, 6) is -0.634. The van der Waals surface area contributed by atoms with Crippen molar-refractivity contribution in [1.29, 1.82) is 0 Å². The molecule has 6 nitrogen and oxygen atoms in total. The second kappa shape index (κ2) is 10.1. The number of halogens is 1. The maximum Gasteiger partial charge on any atom is 0.344 e. The third kappa shape index (κ3) is 5.97. The number of carbonyl (C=O) groups excluding carboxylic acids is 2. The van der Waals surface area contributed by atoms with E-state index in [2.05, 4.69) is 5.32 Å². The minimum Gasteiger partial charge on any atom is -0.480 e. The highest BCUT2D eigenvalue weighted by Gasteiger charge is 2.17. The van der Waals surface area contributed by atoms with Crippen LogP contribution in [-0.2, 0) is 19.1 Å². The number of carbonyl (C=O) groups is 2. The summed E-state index contributed by atoms with van der Waals surface area (Å²) in [5.41, 5.74) is 1.98. The van der Waals surface area contributed by atoms with E-state index in [4.69, 9.17) is 25.8 Å². The summed E-state index contributed by atoms with van der Waals surface area (Å²) < 4.78 is 15.7. The molecule has 0 aromatic heterocycles. The second-order valence-corrected chi connectivity index (χ2v) is 6.81. The van der Waals surface area contributed by atoms with Crippen molar-refractivity contribution in [1.82, 2.24) is 5.32 Å². The number of amides is 1. The predicted octanol–water partition coefficient (Wildman–Crippen LogP) is 3.22. The Kier molecular flexibility index (Phi) is 7.28. The molecule has 2 aromatic rings. The van der Waals surface area contributed by atoms with Gasteiger partial charge in [-0.25, -0.2) is 4.79 Å². The average molecular weight is 404 g/mol. The summed E-state index contributed by atoms with van der Waals surface area (Å²) in [6, 6.07) is 15.1. The molecule has 0 radical (unpaired) electrons. The van der Waals surface area contributed by atoms with Crippen LogP contribution in [0.2, 0.25) is 5.02 Å². The number of nitrogens with one attached hydrogen (secondary N) is 1. The molecule has 1 fully saturated rings. The first-order valence-corrected chi connectivity index (χ1v) is 9.51. The largest absolute Gasteiger partial charge is 0.480 e. The number of rotatable bonds is 8. The van der Waals surface area contributed by atoms with Crippen molar-refractivity contribution < 1.29 is 23.8 Å². The van der Waals surface area contributed by atoms with Crippen molar-refractivity contribution in [3.05, 3.63) is 53.6 Å². The molecular formula is C21H22ClNO5. The third-order valence-electron chi connectivity index (χ3n) is 4.30. The zero-order valence-corrected chi connectivity index (χ0v) is 16.1. The lowest BCUT2D eigenvalue weighted by atomic mass is 10.1. The van der Waals surface area contributed by atoms with Gasteiger partial charge >= 0.3 is 5.97 Å². The van der Waals surface area contributed by atoms with Gasteiger partial charge in [-0.05, 0) is 36.1 Å². The van der Waals surface area contributed by atoms with Gasteiger partial charge in [-0.3, -0.25) is 4.79 Å². The van der Waals surface area contributed by atoms with E-state index in [-0.39, 0.29) is 25.2 Å². The molecule has 3 rings (SSSR count). The first kappa shape index (κ1) is 20.2. The van der Waals surface area contributed by atoms with Gasteiger partial charge in [0.05, 0.1) is 11.1 Å². The summed E-state index contributed by atoms with van der Waals surface area (Å²) >= 11 is 6.24. The smallest absolute Gasteiger partial charge is 0.344 e. The molecule has 7 heteroatoms. The van der Waals surface area contributed by atoms with Crippen LogP contribution in [0.1, 0.15) is 12.8 Å². The van der Waals surface area contributed by atoms with Gasteiger partial charge in [0.15, 0.2) is 13.2 Å². The first-order chi connectivity index (χ1) is 13.6. The normalized spacial score (nSPS) is 15.8. The van der Waals surface area contributed by atoms with E-state index >= 15 is 0 Å². The van der Waals surface area contributed by atoms with E-state index < -0.39 is 5.97 Å². The van der Waals surface area contributed by atoms with Crippen molar-refractivity contribution in [3.63, 3.8) is 0 Å². The Bertz CT molecular complexity index is 806. The topological polar surface area (TPSA) is 73.9 Å². The van der Waals surface area contributed by atoms with Crippen LogP contribution in [0.5, 0.6) is 5.75 Å². The average Bonchev–Trinajstić information content (AvgIpc) is 3.24. The van der Waals surface area contributed by atoms with Gasteiger partial charge in [0, 0.05) is 13.2 Å². The summed E-state index contributed by atoms with van der Waals surface area (Å²) in [4.78, 5) is 23.5. The molecule has 2 aromatic carbocycles. The minimum atomic E-state index is -0.643. The van der Waals surface area contributed by atoms with Crippen LogP contribution < -0.4 is 10.1 Å². The Balaban J connectivity index is 1.41. The number of esters is 1. The van der Waals surface area contributed by atoms with Crippen molar-refractivity contribution in [2.24, 2.45) is 0 Å². The van der Waals surface area contributed by atoms with Crippen LogP contribution in [0.3, 0.4) is 0 Å². The second-order valence-electron chi connectivity index (χ2n) is 6.40. The van der Waals surface area contributed by atoms with Crippen molar-refractivity contribution in [3.8, 4) is 16.9 Å². The molecule has 0 saturated carbocycles. The van der Waals surface area contributed by atoms with Crippen molar-refractivity contribution in [2.45, 2.75) is 18.9 Å². The molecule has 1 heterocycles. The number of benzene rings is 2. The maximum absolute atomic E-state index is 11.8. The lowest BCUT2D eigenvalue weighted by Gasteiger charge is -2.12. The van der Waals surface area contributed by atoms with Gasteiger partial charge < -0.3 is 19.5 Å². The van der Waals surface area contributed by atoms with Crippen LogP contribution in [-0.4, -0.2) is 44.3 Å². The van der Waals surface area contributed by atoms with E-state index in [0.717, 1.165) is 30.6 Å². The fraction of sp³-hybridized carbons (Fsp3) is 0.333. The predicted molar refractivity (Wildman–Crippen MR) is 105 cm³/mol. The van der Waals surface area contributed by atoms with E-state index in [9.17, 15) is 9.59 Å². The fourth-order valence-corrected chi connectivity index (χ4v) is 3.07. The van der Waals surface area contributed by atoms with Crippen molar-refractivity contribution >= 4 is 23.5 Å². The van der Waals surface area contributed by atoms with Gasteiger partial charge in [-0.1, -0.05) is 48.0 Å². The third-order valence-corrected chi connectivity index (χ3v) is 4.60. The lowest BCUT2D eigenvalue weighted by Crippen LogP contribution is -2.35. The van der Waals surface area contributed by atoms with Gasteiger partial charge in [0.1, 0.15) is 5.75 Å². The minimum absolute atomic E-state index is 0.0454. The zero-order valence-electron chi connectivity index (χ0n) is 15.4. The van der Waals surface area contributed by atoms with E-state index in [1.54, 1.807) is 12.1 Å². The molecule has 1 aliphatic heterocycles. The number of hydrogen-bond acceptors (Lipinski definition) is 5.